The van der Waals surface area contributed by atoms with Gasteiger partial charge in [0.1, 0.15) is 0 Å². The Labute approximate surface area is 101 Å². The second kappa shape index (κ2) is 5.14. The van der Waals surface area contributed by atoms with Gasteiger partial charge in [0.15, 0.2) is 0 Å². The molecule has 2 heterocycles. The van der Waals surface area contributed by atoms with Crippen LogP contribution >= 0.6 is 0 Å². The van der Waals surface area contributed by atoms with Gasteiger partial charge in [-0.2, -0.15) is 10.2 Å². The van der Waals surface area contributed by atoms with Crippen molar-refractivity contribution in [1.29, 1.82) is 0 Å². The lowest BCUT2D eigenvalue weighted by Crippen LogP contribution is -2.25. The summed E-state index contributed by atoms with van der Waals surface area (Å²) in [7, 11) is 1.93. The average Bonchev–Trinajstić information content (AvgIpc) is 2.94. The minimum absolute atomic E-state index is 0.114. The standard InChI is InChI=1S/C12H19N5/c1-4-13-12(10-7-9-16(3)15-10)11-6-8-14-17(11)5-2/h6-9,12-13H,4-5H2,1-3H3. The van der Waals surface area contributed by atoms with Crippen molar-refractivity contribution in [1.82, 2.24) is 24.9 Å². The van der Waals surface area contributed by atoms with Crippen molar-refractivity contribution in [3.05, 3.63) is 35.9 Å². The van der Waals surface area contributed by atoms with Gasteiger partial charge < -0.3 is 5.32 Å². The van der Waals surface area contributed by atoms with Crippen LogP contribution in [0.25, 0.3) is 0 Å². The van der Waals surface area contributed by atoms with Gasteiger partial charge in [-0.15, -0.1) is 0 Å². The fraction of sp³-hybridized carbons (Fsp3) is 0.500. The van der Waals surface area contributed by atoms with Crippen LogP contribution in [-0.2, 0) is 13.6 Å². The molecule has 2 aromatic rings. The first-order chi connectivity index (χ1) is 8.26. The molecular weight excluding hydrogens is 214 g/mol. The SMILES string of the molecule is CCNC(c1ccn(C)n1)c1ccnn1CC. The molecule has 0 amide bonds. The topological polar surface area (TPSA) is 47.7 Å². The van der Waals surface area contributed by atoms with E-state index < -0.39 is 0 Å². The molecular formula is C12H19N5. The van der Waals surface area contributed by atoms with Crippen molar-refractivity contribution in [2.75, 3.05) is 6.54 Å². The summed E-state index contributed by atoms with van der Waals surface area (Å²) in [6, 6.07) is 4.20. The molecule has 5 nitrogen and oxygen atoms in total. The highest BCUT2D eigenvalue weighted by atomic mass is 15.3. The minimum atomic E-state index is 0.114. The van der Waals surface area contributed by atoms with Gasteiger partial charge in [0, 0.05) is 26.0 Å². The van der Waals surface area contributed by atoms with E-state index in [-0.39, 0.29) is 6.04 Å². The Bertz CT molecular complexity index is 471. The summed E-state index contributed by atoms with van der Waals surface area (Å²) in [6.45, 7) is 5.97. The molecule has 0 saturated heterocycles. The van der Waals surface area contributed by atoms with Crippen molar-refractivity contribution >= 4 is 0 Å². The van der Waals surface area contributed by atoms with Crippen molar-refractivity contribution in [3.8, 4) is 0 Å². The molecule has 0 saturated carbocycles. The highest BCUT2D eigenvalue weighted by molar-refractivity contribution is 5.20. The molecule has 0 aliphatic rings. The Morgan fingerprint density at radius 1 is 1.35 bits per heavy atom. The third kappa shape index (κ3) is 2.39. The van der Waals surface area contributed by atoms with Crippen molar-refractivity contribution < 1.29 is 0 Å². The van der Waals surface area contributed by atoms with E-state index in [1.165, 1.54) is 0 Å². The lowest BCUT2D eigenvalue weighted by molar-refractivity contribution is 0.529. The van der Waals surface area contributed by atoms with E-state index in [4.69, 9.17) is 0 Å². The average molecular weight is 233 g/mol. The Kier molecular flexibility index (Phi) is 3.58. The van der Waals surface area contributed by atoms with Crippen molar-refractivity contribution in [2.45, 2.75) is 26.4 Å². The fourth-order valence-electron chi connectivity index (χ4n) is 2.00. The molecule has 1 atom stereocenters. The highest BCUT2D eigenvalue weighted by Gasteiger charge is 2.18. The quantitative estimate of drug-likeness (QED) is 0.847. The number of aryl methyl sites for hydroxylation is 2. The van der Waals surface area contributed by atoms with Crippen LogP contribution in [0.5, 0.6) is 0 Å². The van der Waals surface area contributed by atoms with Crippen molar-refractivity contribution in [2.24, 2.45) is 7.05 Å². The second-order valence-electron chi connectivity index (χ2n) is 3.98. The maximum atomic E-state index is 4.47. The van der Waals surface area contributed by atoms with E-state index in [2.05, 4.69) is 29.4 Å². The number of aromatic nitrogens is 4. The third-order valence-electron chi connectivity index (χ3n) is 2.78. The Morgan fingerprint density at radius 2 is 2.18 bits per heavy atom. The van der Waals surface area contributed by atoms with Gasteiger partial charge in [0.25, 0.3) is 0 Å². The van der Waals surface area contributed by atoms with Crippen LogP contribution in [0.2, 0.25) is 0 Å². The lowest BCUT2D eigenvalue weighted by atomic mass is 10.1. The van der Waals surface area contributed by atoms with Gasteiger partial charge >= 0.3 is 0 Å². The molecule has 92 valence electrons. The molecule has 0 bridgehead atoms. The summed E-state index contributed by atoms with van der Waals surface area (Å²) in [5.74, 6) is 0. The van der Waals surface area contributed by atoms with Gasteiger partial charge in [-0.25, -0.2) is 0 Å². The first-order valence-electron chi connectivity index (χ1n) is 6.00. The van der Waals surface area contributed by atoms with E-state index in [1.807, 2.05) is 40.9 Å². The van der Waals surface area contributed by atoms with E-state index in [9.17, 15) is 0 Å². The van der Waals surface area contributed by atoms with Crippen LogP contribution in [-0.4, -0.2) is 26.1 Å². The van der Waals surface area contributed by atoms with Crippen LogP contribution in [0.15, 0.2) is 24.5 Å². The molecule has 0 spiro atoms. The van der Waals surface area contributed by atoms with E-state index in [1.54, 1.807) is 0 Å². The molecule has 0 aliphatic heterocycles. The smallest absolute Gasteiger partial charge is 0.0940 e. The molecule has 2 aromatic heterocycles. The third-order valence-corrected chi connectivity index (χ3v) is 2.78. The molecule has 17 heavy (non-hydrogen) atoms. The number of nitrogens with zero attached hydrogens (tertiary/aromatic N) is 4. The zero-order chi connectivity index (χ0) is 12.3. The minimum Gasteiger partial charge on any atom is -0.304 e. The highest BCUT2D eigenvalue weighted by Crippen LogP contribution is 2.19. The van der Waals surface area contributed by atoms with Gasteiger partial charge in [0.2, 0.25) is 0 Å². The van der Waals surface area contributed by atoms with Crippen LogP contribution in [0.1, 0.15) is 31.3 Å². The summed E-state index contributed by atoms with van der Waals surface area (Å²) >= 11 is 0. The predicted molar refractivity (Wildman–Crippen MR) is 66.6 cm³/mol. The maximum Gasteiger partial charge on any atom is 0.0940 e. The van der Waals surface area contributed by atoms with Gasteiger partial charge in [0.05, 0.1) is 17.4 Å². The molecule has 0 radical (unpaired) electrons. The summed E-state index contributed by atoms with van der Waals surface area (Å²) in [6.07, 6.45) is 3.80. The summed E-state index contributed by atoms with van der Waals surface area (Å²) < 4.78 is 3.83. The van der Waals surface area contributed by atoms with Crippen LogP contribution in [0.3, 0.4) is 0 Å². The number of rotatable bonds is 5. The zero-order valence-corrected chi connectivity index (χ0v) is 10.6. The first kappa shape index (κ1) is 11.9. The van der Waals surface area contributed by atoms with Crippen LogP contribution in [0, 0.1) is 0 Å². The first-order valence-corrected chi connectivity index (χ1v) is 6.00. The van der Waals surface area contributed by atoms with E-state index >= 15 is 0 Å². The predicted octanol–water partition coefficient (Wildman–Crippen LogP) is 1.34. The van der Waals surface area contributed by atoms with E-state index in [0.29, 0.717) is 0 Å². The summed E-state index contributed by atoms with van der Waals surface area (Å²) in [5.41, 5.74) is 2.19. The lowest BCUT2D eigenvalue weighted by Gasteiger charge is -2.16. The fourth-order valence-corrected chi connectivity index (χ4v) is 2.00. The van der Waals surface area contributed by atoms with Crippen molar-refractivity contribution in [3.63, 3.8) is 0 Å². The molecule has 5 heteroatoms. The molecule has 1 unspecified atom stereocenters. The Balaban J connectivity index is 2.35. The van der Waals surface area contributed by atoms with Gasteiger partial charge in [-0.3, -0.25) is 9.36 Å². The zero-order valence-electron chi connectivity index (χ0n) is 10.6. The summed E-state index contributed by atoms with van der Waals surface area (Å²) in [4.78, 5) is 0. The molecule has 2 rings (SSSR count). The largest absolute Gasteiger partial charge is 0.304 e. The van der Waals surface area contributed by atoms with E-state index in [0.717, 1.165) is 24.5 Å². The van der Waals surface area contributed by atoms with Gasteiger partial charge in [-0.1, -0.05) is 6.92 Å². The van der Waals surface area contributed by atoms with Crippen LogP contribution in [0.4, 0.5) is 0 Å². The number of nitrogens with one attached hydrogen (secondary N) is 1. The maximum absolute atomic E-state index is 4.47. The molecule has 0 fully saturated rings. The normalized spacial score (nSPS) is 12.9. The molecule has 0 aromatic carbocycles. The molecule has 0 aliphatic carbocycles. The van der Waals surface area contributed by atoms with Crippen LogP contribution < -0.4 is 5.32 Å². The number of hydrogen-bond donors (Lipinski definition) is 1. The molecule has 1 N–H and O–H groups in total. The monoisotopic (exact) mass is 233 g/mol. The second-order valence-corrected chi connectivity index (χ2v) is 3.98. The number of hydrogen-bond acceptors (Lipinski definition) is 3. The summed E-state index contributed by atoms with van der Waals surface area (Å²) in [5, 5.41) is 12.2. The Morgan fingerprint density at radius 3 is 2.76 bits per heavy atom. The van der Waals surface area contributed by atoms with Gasteiger partial charge in [-0.05, 0) is 25.6 Å². The Hall–Kier alpha value is -1.62.